The molecule has 1 atom stereocenters. The van der Waals surface area contributed by atoms with Gasteiger partial charge in [0.2, 0.25) is 5.91 Å². The van der Waals surface area contributed by atoms with Gasteiger partial charge in [0.15, 0.2) is 0 Å². The van der Waals surface area contributed by atoms with Crippen molar-refractivity contribution in [2.45, 2.75) is 32.7 Å². The minimum Gasteiger partial charge on any atom is -0.383 e. The lowest BCUT2D eigenvalue weighted by atomic mass is 10.0. The molecule has 1 aliphatic rings. The maximum atomic E-state index is 11.9. The molecule has 0 radical (unpaired) electrons. The van der Waals surface area contributed by atoms with Crippen molar-refractivity contribution >= 4 is 18.3 Å². The van der Waals surface area contributed by atoms with Gasteiger partial charge in [0.25, 0.3) is 0 Å². The standard InChI is InChI=1S/C12H24N2O2.ClH/c1-10(2)11-5-4-7-14(11)12(15)9-13-6-8-16-3;/h10-11,13H,4-9H2,1-3H3;1H. The number of likely N-dealkylation sites (tertiary alicyclic amines) is 1. The Morgan fingerprint density at radius 1 is 1.53 bits per heavy atom. The second kappa shape index (κ2) is 8.72. The van der Waals surface area contributed by atoms with Crippen LogP contribution in [0.4, 0.5) is 0 Å². The largest absolute Gasteiger partial charge is 0.383 e. The number of rotatable bonds is 6. The molecular formula is C12H25ClN2O2. The molecule has 1 fully saturated rings. The smallest absolute Gasteiger partial charge is 0.236 e. The molecule has 0 aromatic carbocycles. The maximum Gasteiger partial charge on any atom is 0.236 e. The van der Waals surface area contributed by atoms with Gasteiger partial charge in [-0.3, -0.25) is 4.79 Å². The summed E-state index contributed by atoms with van der Waals surface area (Å²) in [4.78, 5) is 14.0. The molecule has 1 saturated heterocycles. The average molecular weight is 265 g/mol. The quantitative estimate of drug-likeness (QED) is 0.735. The lowest BCUT2D eigenvalue weighted by Crippen LogP contribution is -2.43. The highest BCUT2D eigenvalue weighted by Gasteiger charge is 2.30. The van der Waals surface area contributed by atoms with E-state index in [1.807, 2.05) is 4.90 Å². The number of hydrogen-bond donors (Lipinski definition) is 1. The first-order valence-electron chi connectivity index (χ1n) is 6.16. The lowest BCUT2D eigenvalue weighted by molar-refractivity contribution is -0.131. The molecule has 1 aliphatic heterocycles. The molecule has 4 nitrogen and oxygen atoms in total. The summed E-state index contributed by atoms with van der Waals surface area (Å²) in [6.45, 7) is 7.13. The molecule has 0 aliphatic carbocycles. The predicted octanol–water partition coefficient (Wildman–Crippen LogP) is 1.29. The Hall–Kier alpha value is -0.320. The van der Waals surface area contributed by atoms with Crippen LogP contribution in [-0.4, -0.2) is 50.2 Å². The van der Waals surface area contributed by atoms with Gasteiger partial charge in [-0.05, 0) is 18.8 Å². The van der Waals surface area contributed by atoms with Crippen molar-refractivity contribution in [1.82, 2.24) is 10.2 Å². The number of amides is 1. The van der Waals surface area contributed by atoms with Gasteiger partial charge in [-0.1, -0.05) is 13.8 Å². The summed E-state index contributed by atoms with van der Waals surface area (Å²) in [5.41, 5.74) is 0. The molecule has 17 heavy (non-hydrogen) atoms. The molecule has 0 spiro atoms. The van der Waals surface area contributed by atoms with E-state index in [0.29, 0.717) is 25.1 Å². The van der Waals surface area contributed by atoms with Crippen molar-refractivity contribution in [3.05, 3.63) is 0 Å². The molecule has 0 aromatic rings. The van der Waals surface area contributed by atoms with Crippen LogP contribution >= 0.6 is 12.4 Å². The Morgan fingerprint density at radius 2 is 2.24 bits per heavy atom. The van der Waals surface area contributed by atoms with E-state index in [1.54, 1.807) is 7.11 Å². The fourth-order valence-corrected chi connectivity index (χ4v) is 2.27. The number of nitrogens with one attached hydrogen (secondary N) is 1. The fourth-order valence-electron chi connectivity index (χ4n) is 2.27. The Labute approximate surface area is 110 Å². The number of carbonyl (C=O) groups is 1. The van der Waals surface area contributed by atoms with E-state index in [2.05, 4.69) is 19.2 Å². The summed E-state index contributed by atoms with van der Waals surface area (Å²) in [5, 5.41) is 3.11. The van der Waals surface area contributed by atoms with Gasteiger partial charge in [0.1, 0.15) is 0 Å². The van der Waals surface area contributed by atoms with Gasteiger partial charge in [0, 0.05) is 26.2 Å². The number of methoxy groups -OCH3 is 1. The van der Waals surface area contributed by atoms with Crippen molar-refractivity contribution in [3.8, 4) is 0 Å². The van der Waals surface area contributed by atoms with E-state index in [4.69, 9.17) is 4.74 Å². The average Bonchev–Trinajstić information content (AvgIpc) is 2.73. The number of hydrogen-bond acceptors (Lipinski definition) is 3. The van der Waals surface area contributed by atoms with E-state index in [1.165, 1.54) is 0 Å². The minimum atomic E-state index is 0. The molecule has 1 N–H and O–H groups in total. The zero-order valence-electron chi connectivity index (χ0n) is 11.1. The normalized spacial score (nSPS) is 19.5. The molecular weight excluding hydrogens is 240 g/mol. The van der Waals surface area contributed by atoms with Crippen LogP contribution in [0, 0.1) is 5.92 Å². The number of nitrogens with zero attached hydrogens (tertiary/aromatic N) is 1. The third-order valence-electron chi connectivity index (χ3n) is 3.15. The highest BCUT2D eigenvalue weighted by molar-refractivity contribution is 5.85. The number of ether oxygens (including phenoxy) is 1. The van der Waals surface area contributed by atoms with Gasteiger partial charge in [0.05, 0.1) is 13.2 Å². The van der Waals surface area contributed by atoms with Gasteiger partial charge in [-0.15, -0.1) is 12.4 Å². The highest BCUT2D eigenvalue weighted by atomic mass is 35.5. The zero-order chi connectivity index (χ0) is 12.0. The summed E-state index contributed by atoms with van der Waals surface area (Å²) < 4.78 is 4.92. The molecule has 0 aromatic heterocycles. The van der Waals surface area contributed by atoms with E-state index in [0.717, 1.165) is 25.9 Å². The summed E-state index contributed by atoms with van der Waals surface area (Å²) in [7, 11) is 1.67. The molecule has 1 heterocycles. The van der Waals surface area contributed by atoms with E-state index < -0.39 is 0 Å². The first-order valence-corrected chi connectivity index (χ1v) is 6.16. The number of carbonyl (C=O) groups excluding carboxylic acids is 1. The highest BCUT2D eigenvalue weighted by Crippen LogP contribution is 2.23. The summed E-state index contributed by atoms with van der Waals surface area (Å²) >= 11 is 0. The van der Waals surface area contributed by atoms with Gasteiger partial charge in [-0.25, -0.2) is 0 Å². The van der Waals surface area contributed by atoms with Gasteiger partial charge in [-0.2, -0.15) is 0 Å². The Morgan fingerprint density at radius 3 is 2.82 bits per heavy atom. The van der Waals surface area contributed by atoms with Crippen LogP contribution in [0.2, 0.25) is 0 Å². The molecule has 1 rings (SSSR count). The number of halogens is 1. The molecule has 1 unspecified atom stereocenters. The van der Waals surface area contributed by atoms with E-state index in [9.17, 15) is 4.79 Å². The first kappa shape index (κ1) is 16.7. The Bertz CT molecular complexity index is 225. The van der Waals surface area contributed by atoms with Crippen LogP contribution in [0.1, 0.15) is 26.7 Å². The van der Waals surface area contributed by atoms with Crippen molar-refractivity contribution in [2.24, 2.45) is 5.92 Å². The summed E-state index contributed by atoms with van der Waals surface area (Å²) in [6, 6.07) is 0.441. The van der Waals surface area contributed by atoms with Crippen LogP contribution in [0.15, 0.2) is 0 Å². The summed E-state index contributed by atoms with van der Waals surface area (Å²) in [5.74, 6) is 0.790. The Balaban J connectivity index is 0.00000256. The van der Waals surface area contributed by atoms with Gasteiger partial charge >= 0.3 is 0 Å². The maximum absolute atomic E-state index is 11.9. The van der Waals surface area contributed by atoms with Crippen molar-refractivity contribution in [1.29, 1.82) is 0 Å². The van der Waals surface area contributed by atoms with Crippen LogP contribution in [-0.2, 0) is 9.53 Å². The van der Waals surface area contributed by atoms with Crippen LogP contribution in [0.25, 0.3) is 0 Å². The second-order valence-corrected chi connectivity index (χ2v) is 4.71. The van der Waals surface area contributed by atoms with Crippen LogP contribution < -0.4 is 5.32 Å². The van der Waals surface area contributed by atoms with Crippen molar-refractivity contribution in [2.75, 3.05) is 33.4 Å². The third kappa shape index (κ3) is 5.23. The van der Waals surface area contributed by atoms with Gasteiger partial charge < -0.3 is 15.0 Å². The predicted molar refractivity (Wildman–Crippen MR) is 71.6 cm³/mol. The van der Waals surface area contributed by atoms with E-state index in [-0.39, 0.29) is 18.3 Å². The summed E-state index contributed by atoms with van der Waals surface area (Å²) in [6.07, 6.45) is 2.30. The first-order chi connectivity index (χ1) is 7.66. The molecule has 102 valence electrons. The van der Waals surface area contributed by atoms with Crippen LogP contribution in [0.3, 0.4) is 0 Å². The molecule has 0 bridgehead atoms. The topological polar surface area (TPSA) is 41.6 Å². The third-order valence-corrected chi connectivity index (χ3v) is 3.15. The minimum absolute atomic E-state index is 0. The molecule has 0 saturated carbocycles. The second-order valence-electron chi connectivity index (χ2n) is 4.71. The Kier molecular flexibility index (Phi) is 8.56. The van der Waals surface area contributed by atoms with Crippen molar-refractivity contribution in [3.63, 3.8) is 0 Å². The lowest BCUT2D eigenvalue weighted by Gasteiger charge is -2.27. The monoisotopic (exact) mass is 264 g/mol. The SMILES string of the molecule is COCCNCC(=O)N1CCCC1C(C)C.Cl. The van der Waals surface area contributed by atoms with E-state index >= 15 is 0 Å². The zero-order valence-corrected chi connectivity index (χ0v) is 11.9. The fraction of sp³-hybridized carbons (Fsp3) is 0.917. The van der Waals surface area contributed by atoms with Crippen molar-refractivity contribution < 1.29 is 9.53 Å². The molecule has 5 heteroatoms. The molecule has 1 amide bonds. The van der Waals surface area contributed by atoms with Crippen LogP contribution in [0.5, 0.6) is 0 Å².